The molecule has 0 unspecified atom stereocenters. The minimum absolute atomic E-state index is 0.104. The van der Waals surface area contributed by atoms with Crippen LogP contribution in [0.3, 0.4) is 0 Å². The Morgan fingerprint density at radius 1 is 0.909 bits per heavy atom. The molecule has 1 rings (SSSR count). The lowest BCUT2D eigenvalue weighted by Gasteiger charge is -2.33. The second kappa shape index (κ2) is 7.49. The van der Waals surface area contributed by atoms with E-state index in [2.05, 4.69) is 4.43 Å². The molecule has 1 aromatic rings. The van der Waals surface area contributed by atoms with E-state index in [0.717, 1.165) is 0 Å². The number of hydrogen-bond acceptors (Lipinski definition) is 3. The van der Waals surface area contributed by atoms with E-state index in [1.54, 1.807) is 30.3 Å². The van der Waals surface area contributed by atoms with E-state index in [1.807, 2.05) is 0 Å². The molecule has 0 saturated heterocycles. The Labute approximate surface area is 126 Å². The maximum absolute atomic E-state index is 13.3. The molecule has 126 valence electrons. The molecule has 0 bridgehead atoms. The lowest BCUT2D eigenvalue weighted by atomic mass is 10.2. The molecular formula is C13H17F5O3Si. The topological polar surface area (TPSA) is 27.7 Å². The molecule has 0 fully saturated rings. The van der Waals surface area contributed by atoms with Gasteiger partial charge in [-0.3, -0.25) is 0 Å². The van der Waals surface area contributed by atoms with Gasteiger partial charge in [0.05, 0.1) is 0 Å². The van der Waals surface area contributed by atoms with Crippen LogP contribution in [0.2, 0.25) is 0 Å². The van der Waals surface area contributed by atoms with Crippen LogP contribution >= 0.6 is 0 Å². The Kier molecular flexibility index (Phi) is 6.47. The Morgan fingerprint density at radius 3 is 1.82 bits per heavy atom. The zero-order valence-corrected chi connectivity index (χ0v) is 13.1. The van der Waals surface area contributed by atoms with Gasteiger partial charge in [-0.1, -0.05) is 30.3 Å². The summed E-state index contributed by atoms with van der Waals surface area (Å²) in [4.78, 5) is 0. The zero-order valence-electron chi connectivity index (χ0n) is 12.1. The van der Waals surface area contributed by atoms with Crippen molar-refractivity contribution < 1.29 is 35.2 Å². The van der Waals surface area contributed by atoms with Crippen molar-refractivity contribution in [3.8, 4) is 0 Å². The lowest BCUT2D eigenvalue weighted by Crippen LogP contribution is -2.56. The second-order valence-corrected chi connectivity index (χ2v) is 6.83. The third-order valence-electron chi connectivity index (χ3n) is 2.61. The maximum atomic E-state index is 13.3. The maximum Gasteiger partial charge on any atom is 0.510 e. The largest absolute Gasteiger partial charge is 0.510 e. The van der Waals surface area contributed by atoms with E-state index in [1.165, 1.54) is 13.8 Å². The lowest BCUT2D eigenvalue weighted by molar-refractivity contribution is -0.373. The molecule has 3 nitrogen and oxygen atoms in total. The Hall–Kier alpha value is -1.03. The summed E-state index contributed by atoms with van der Waals surface area (Å²) < 4.78 is 78.2. The average Bonchev–Trinajstić information content (AvgIpc) is 2.38. The highest BCUT2D eigenvalue weighted by atomic mass is 28.4. The first-order chi connectivity index (χ1) is 10.2. The Balaban J connectivity index is 3.09. The first-order valence-corrected chi connectivity index (χ1v) is 8.55. The van der Waals surface area contributed by atoms with Gasteiger partial charge in [0.1, 0.15) is 0 Å². The van der Waals surface area contributed by atoms with Gasteiger partial charge in [0, 0.05) is 19.3 Å². The Morgan fingerprint density at radius 2 is 1.41 bits per heavy atom. The molecule has 0 amide bonds. The van der Waals surface area contributed by atoms with Crippen molar-refractivity contribution in [2.75, 3.05) is 13.2 Å². The molecule has 0 aliphatic carbocycles. The van der Waals surface area contributed by atoms with Gasteiger partial charge in [-0.15, -0.1) is 0 Å². The third kappa shape index (κ3) is 5.01. The van der Waals surface area contributed by atoms with Crippen LogP contribution in [0, 0.1) is 0 Å². The molecule has 0 radical (unpaired) electrons. The average molecular weight is 344 g/mol. The van der Waals surface area contributed by atoms with Gasteiger partial charge in [-0.25, -0.2) is 0 Å². The summed E-state index contributed by atoms with van der Waals surface area (Å²) in [5, 5.41) is 0. The van der Waals surface area contributed by atoms with Crippen LogP contribution in [0.5, 0.6) is 0 Å². The predicted molar refractivity (Wildman–Crippen MR) is 71.2 cm³/mol. The van der Waals surface area contributed by atoms with Crippen molar-refractivity contribution in [1.82, 2.24) is 0 Å². The number of hydrogen-bond donors (Lipinski definition) is 0. The minimum atomic E-state index is -5.84. The molecule has 0 aliphatic rings. The second-order valence-electron chi connectivity index (χ2n) is 4.33. The molecule has 1 aromatic carbocycles. The quantitative estimate of drug-likeness (QED) is 0.528. The van der Waals surface area contributed by atoms with E-state index in [0.29, 0.717) is 5.56 Å². The summed E-state index contributed by atoms with van der Waals surface area (Å²) in [5.41, 5.74) is 0.494. The van der Waals surface area contributed by atoms with Crippen molar-refractivity contribution >= 4 is 8.80 Å². The summed E-state index contributed by atoms with van der Waals surface area (Å²) in [6, 6.07) is 7.84. The smallest absolute Gasteiger partial charge is 0.373 e. The Bertz CT molecular complexity index is 447. The van der Waals surface area contributed by atoms with E-state index in [9.17, 15) is 22.0 Å². The van der Waals surface area contributed by atoms with Crippen LogP contribution in [0.25, 0.3) is 0 Å². The number of halogens is 5. The van der Waals surface area contributed by atoms with Gasteiger partial charge in [-0.2, -0.15) is 22.0 Å². The molecular weight excluding hydrogens is 327 g/mol. The van der Waals surface area contributed by atoms with E-state index >= 15 is 0 Å². The fourth-order valence-corrected chi connectivity index (χ4v) is 4.38. The first kappa shape index (κ1) is 19.0. The molecule has 9 heteroatoms. The van der Waals surface area contributed by atoms with Crippen molar-refractivity contribution in [2.24, 2.45) is 0 Å². The summed E-state index contributed by atoms with van der Waals surface area (Å²) in [6.07, 6.45) is -11.2. The first-order valence-electron chi connectivity index (χ1n) is 6.62. The highest BCUT2D eigenvalue weighted by Gasteiger charge is 2.65. The molecule has 0 aliphatic heterocycles. The fraction of sp³-hybridized carbons (Fsp3) is 0.538. The van der Waals surface area contributed by atoms with Crippen molar-refractivity contribution in [3.63, 3.8) is 0 Å². The highest BCUT2D eigenvalue weighted by Crippen LogP contribution is 2.39. The normalized spacial score (nSPS) is 13.4. The van der Waals surface area contributed by atoms with E-state index in [-0.39, 0.29) is 19.3 Å². The van der Waals surface area contributed by atoms with Gasteiger partial charge in [0.15, 0.2) is 0 Å². The van der Waals surface area contributed by atoms with Crippen LogP contribution in [0.1, 0.15) is 19.4 Å². The molecule has 0 atom stereocenters. The zero-order chi connectivity index (χ0) is 16.9. The van der Waals surface area contributed by atoms with Crippen LogP contribution in [0.15, 0.2) is 30.3 Å². The van der Waals surface area contributed by atoms with Gasteiger partial charge in [-0.05, 0) is 19.4 Å². The summed E-state index contributed by atoms with van der Waals surface area (Å²) in [7, 11) is -4.25. The van der Waals surface area contributed by atoms with Crippen LogP contribution in [-0.4, -0.2) is 34.3 Å². The predicted octanol–water partition coefficient (Wildman–Crippen LogP) is 3.95. The van der Waals surface area contributed by atoms with Gasteiger partial charge < -0.3 is 13.3 Å². The fourth-order valence-electron chi connectivity index (χ4n) is 1.78. The van der Waals surface area contributed by atoms with Crippen molar-refractivity contribution in [2.45, 2.75) is 32.2 Å². The van der Waals surface area contributed by atoms with Gasteiger partial charge >= 0.3 is 21.1 Å². The highest BCUT2D eigenvalue weighted by molar-refractivity contribution is 6.60. The number of alkyl halides is 5. The van der Waals surface area contributed by atoms with Crippen LogP contribution in [-0.2, 0) is 19.3 Å². The summed E-state index contributed by atoms with van der Waals surface area (Å²) in [6.45, 7) is 2.74. The molecule has 0 N–H and O–H groups in total. The summed E-state index contributed by atoms with van der Waals surface area (Å²) >= 11 is 0. The van der Waals surface area contributed by atoms with Crippen LogP contribution in [0.4, 0.5) is 22.0 Å². The SMILES string of the molecule is CCO[Si](Cc1ccccc1)(OCC)OC(F)(F)C(F)(F)F. The van der Waals surface area contributed by atoms with E-state index < -0.39 is 21.1 Å². The molecule has 0 spiro atoms. The van der Waals surface area contributed by atoms with Gasteiger partial charge in [0.2, 0.25) is 0 Å². The van der Waals surface area contributed by atoms with E-state index in [4.69, 9.17) is 8.85 Å². The van der Waals surface area contributed by atoms with Crippen molar-refractivity contribution in [3.05, 3.63) is 35.9 Å². The third-order valence-corrected chi connectivity index (χ3v) is 5.47. The van der Waals surface area contributed by atoms with Crippen molar-refractivity contribution in [1.29, 1.82) is 0 Å². The number of rotatable bonds is 8. The monoisotopic (exact) mass is 344 g/mol. The molecule has 0 aromatic heterocycles. The minimum Gasteiger partial charge on any atom is -0.373 e. The molecule has 22 heavy (non-hydrogen) atoms. The standard InChI is InChI=1S/C13H17F5O3Si/c1-3-19-22(20-4-2,10-11-8-6-5-7-9-11)21-13(17,18)12(14,15)16/h5-9H,3-4,10H2,1-2H3. The summed E-state index contributed by atoms with van der Waals surface area (Å²) in [5.74, 6) is 0. The number of benzene rings is 1. The molecule has 0 saturated carbocycles. The van der Waals surface area contributed by atoms with Gasteiger partial charge in [0.25, 0.3) is 0 Å². The van der Waals surface area contributed by atoms with Crippen LogP contribution < -0.4 is 0 Å². The molecule has 0 heterocycles.